The molecule has 1 saturated heterocycles. The van der Waals surface area contributed by atoms with E-state index in [2.05, 4.69) is 10.3 Å². The van der Waals surface area contributed by atoms with Crippen LogP contribution < -0.4 is 15.6 Å². The van der Waals surface area contributed by atoms with Gasteiger partial charge in [-0.2, -0.15) is 0 Å². The average molecular weight is 427 g/mol. The molecule has 0 bridgehead atoms. The molecule has 1 N–H and O–H groups in total. The Morgan fingerprint density at radius 1 is 1.30 bits per heavy atom. The van der Waals surface area contributed by atoms with E-state index in [0.29, 0.717) is 34.2 Å². The largest absolute Gasteiger partial charge is 0.493 e. The number of aryl methyl sites for hydroxylation is 1. The van der Waals surface area contributed by atoms with E-state index in [1.54, 1.807) is 31.4 Å². The second-order valence-electron chi connectivity index (χ2n) is 7.23. The zero-order valence-electron chi connectivity index (χ0n) is 16.9. The number of benzene rings is 2. The molecule has 6 nitrogen and oxygen atoms in total. The molecule has 156 valence electrons. The Labute approximate surface area is 179 Å². The summed E-state index contributed by atoms with van der Waals surface area (Å²) in [5.74, 6) is 0.312. The highest BCUT2D eigenvalue weighted by molar-refractivity contribution is 6.30. The summed E-state index contributed by atoms with van der Waals surface area (Å²) >= 11 is 6.07. The Balaban J connectivity index is 1.81. The number of nitrogens with zero attached hydrogens (tertiary/aromatic N) is 1. The minimum absolute atomic E-state index is 0.0466. The monoisotopic (exact) mass is 426 g/mol. The van der Waals surface area contributed by atoms with Crippen molar-refractivity contribution < 1.29 is 18.7 Å². The normalized spacial score (nSPS) is 16.8. The van der Waals surface area contributed by atoms with Gasteiger partial charge in [-0.3, -0.25) is 4.79 Å². The van der Waals surface area contributed by atoms with Gasteiger partial charge in [-0.15, -0.1) is 0 Å². The first kappa shape index (κ1) is 20.4. The van der Waals surface area contributed by atoms with Gasteiger partial charge in [0.2, 0.25) is 5.55 Å². The van der Waals surface area contributed by atoms with Crippen molar-refractivity contribution in [3.05, 3.63) is 64.2 Å². The van der Waals surface area contributed by atoms with E-state index in [9.17, 15) is 4.79 Å². The van der Waals surface area contributed by atoms with Gasteiger partial charge in [0.05, 0.1) is 18.9 Å². The van der Waals surface area contributed by atoms with Gasteiger partial charge in [-0.1, -0.05) is 23.7 Å². The van der Waals surface area contributed by atoms with Crippen LogP contribution in [-0.2, 0) is 4.74 Å². The van der Waals surface area contributed by atoms with Crippen LogP contribution in [0.25, 0.3) is 11.0 Å². The van der Waals surface area contributed by atoms with Crippen LogP contribution in [-0.4, -0.2) is 32.3 Å². The van der Waals surface area contributed by atoms with Crippen LogP contribution in [0.2, 0.25) is 5.02 Å². The zero-order chi connectivity index (χ0) is 21.1. The maximum absolute atomic E-state index is 13.0. The Hall–Kier alpha value is -2.83. The molecule has 3 aromatic rings. The summed E-state index contributed by atoms with van der Waals surface area (Å²) in [5, 5.41) is 4.32. The standard InChI is InChI=1S/C23H23ClN2O4/c1-14-11-16(24)8-9-19(14)26-23-18(22(27)25-13-17-6-4-10-29-17)12-15-5-3-7-20(28-2)21(15)30-23/h3,5,7-9,11-12,17H,4,6,10,13H2,1-2H3,(H,25,27). The number of amides is 1. The lowest BCUT2D eigenvalue weighted by atomic mass is 10.1. The molecular formula is C23H23ClN2O4. The SMILES string of the molecule is COc1cccc2cc(C(=O)NCC3CCCO3)c(=Nc3ccc(Cl)cc3C)oc12. The van der Waals surface area contributed by atoms with Gasteiger partial charge < -0.3 is 19.2 Å². The fourth-order valence-corrected chi connectivity index (χ4v) is 3.72. The van der Waals surface area contributed by atoms with Crippen LogP contribution in [0.3, 0.4) is 0 Å². The lowest BCUT2D eigenvalue weighted by Crippen LogP contribution is -2.34. The van der Waals surface area contributed by atoms with Gasteiger partial charge in [-0.25, -0.2) is 4.99 Å². The number of fused-ring (bicyclic) bond motifs is 1. The van der Waals surface area contributed by atoms with Gasteiger partial charge >= 0.3 is 0 Å². The van der Waals surface area contributed by atoms with Crippen molar-refractivity contribution in [1.29, 1.82) is 0 Å². The number of nitrogens with one attached hydrogen (secondary N) is 1. The zero-order valence-corrected chi connectivity index (χ0v) is 17.7. The highest BCUT2D eigenvalue weighted by Gasteiger charge is 2.19. The van der Waals surface area contributed by atoms with E-state index in [1.165, 1.54) is 0 Å². The van der Waals surface area contributed by atoms with E-state index >= 15 is 0 Å². The van der Waals surface area contributed by atoms with Gasteiger partial charge in [0.1, 0.15) is 5.56 Å². The van der Waals surface area contributed by atoms with Gasteiger partial charge in [0, 0.05) is 23.6 Å². The number of carbonyl (C=O) groups is 1. The third kappa shape index (κ3) is 4.35. The maximum Gasteiger partial charge on any atom is 0.256 e. The molecular weight excluding hydrogens is 404 g/mol. The molecule has 0 saturated carbocycles. The van der Waals surface area contributed by atoms with Gasteiger partial charge in [-0.05, 0) is 55.7 Å². The molecule has 1 atom stereocenters. The van der Waals surface area contributed by atoms with E-state index < -0.39 is 0 Å². The van der Waals surface area contributed by atoms with Crippen molar-refractivity contribution in [3.8, 4) is 5.75 Å². The molecule has 30 heavy (non-hydrogen) atoms. The van der Waals surface area contributed by atoms with Crippen molar-refractivity contribution in [2.45, 2.75) is 25.9 Å². The van der Waals surface area contributed by atoms with Crippen LogP contribution in [0.5, 0.6) is 5.75 Å². The maximum atomic E-state index is 13.0. The fourth-order valence-electron chi connectivity index (χ4n) is 3.49. The summed E-state index contributed by atoms with van der Waals surface area (Å²) in [4.78, 5) is 17.6. The highest BCUT2D eigenvalue weighted by atomic mass is 35.5. The van der Waals surface area contributed by atoms with E-state index in [-0.39, 0.29) is 17.6 Å². The Kier molecular flexibility index (Phi) is 6.06. The lowest BCUT2D eigenvalue weighted by molar-refractivity contribution is 0.0854. The number of ether oxygens (including phenoxy) is 2. The fraction of sp³-hybridized carbons (Fsp3) is 0.304. The first-order valence-electron chi connectivity index (χ1n) is 9.86. The molecule has 1 aliphatic heterocycles. The molecule has 1 amide bonds. The van der Waals surface area contributed by atoms with Crippen LogP contribution in [0.1, 0.15) is 28.8 Å². The van der Waals surface area contributed by atoms with Crippen molar-refractivity contribution >= 4 is 34.2 Å². The highest BCUT2D eigenvalue weighted by Crippen LogP contribution is 2.26. The van der Waals surface area contributed by atoms with Crippen molar-refractivity contribution in [2.75, 3.05) is 20.3 Å². The van der Waals surface area contributed by atoms with Crippen molar-refractivity contribution in [2.24, 2.45) is 4.99 Å². The van der Waals surface area contributed by atoms with E-state index in [0.717, 1.165) is 30.4 Å². The molecule has 2 heterocycles. The minimum atomic E-state index is -0.260. The van der Waals surface area contributed by atoms with E-state index in [1.807, 2.05) is 25.1 Å². The second kappa shape index (κ2) is 8.90. The summed E-state index contributed by atoms with van der Waals surface area (Å²) in [6.07, 6.45) is 2.01. The summed E-state index contributed by atoms with van der Waals surface area (Å²) in [7, 11) is 1.58. The predicted octanol–water partition coefficient (Wildman–Crippen LogP) is 4.54. The molecule has 1 fully saturated rings. The first-order valence-corrected chi connectivity index (χ1v) is 10.2. The van der Waals surface area contributed by atoms with Gasteiger partial charge in [0.25, 0.3) is 5.91 Å². The summed E-state index contributed by atoms with van der Waals surface area (Å²) in [6.45, 7) is 3.10. The molecule has 1 unspecified atom stereocenters. The summed E-state index contributed by atoms with van der Waals surface area (Å²) < 4.78 is 17.1. The molecule has 1 aliphatic rings. The number of carbonyl (C=O) groups excluding carboxylic acids is 1. The quantitative estimate of drug-likeness (QED) is 0.649. The van der Waals surface area contributed by atoms with E-state index in [4.69, 9.17) is 25.5 Å². The molecule has 0 radical (unpaired) electrons. The Morgan fingerprint density at radius 3 is 2.90 bits per heavy atom. The molecule has 1 aromatic heterocycles. The summed E-state index contributed by atoms with van der Waals surface area (Å²) in [6, 6.07) is 12.7. The number of halogens is 1. The smallest absolute Gasteiger partial charge is 0.256 e. The summed E-state index contributed by atoms with van der Waals surface area (Å²) in [5.41, 5.74) is 2.64. The van der Waals surface area contributed by atoms with Crippen LogP contribution in [0.15, 0.2) is 51.9 Å². The van der Waals surface area contributed by atoms with Gasteiger partial charge in [0.15, 0.2) is 11.3 Å². The lowest BCUT2D eigenvalue weighted by Gasteiger charge is -2.12. The number of methoxy groups -OCH3 is 1. The number of para-hydroxylation sites is 1. The second-order valence-corrected chi connectivity index (χ2v) is 7.67. The molecule has 4 rings (SSSR count). The molecule has 0 spiro atoms. The Bertz CT molecular complexity index is 1150. The van der Waals surface area contributed by atoms with Crippen LogP contribution in [0, 0.1) is 6.92 Å². The van der Waals surface area contributed by atoms with Crippen molar-refractivity contribution in [1.82, 2.24) is 5.32 Å². The average Bonchev–Trinajstić information content (AvgIpc) is 3.26. The Morgan fingerprint density at radius 2 is 2.17 bits per heavy atom. The van der Waals surface area contributed by atoms with Crippen LogP contribution in [0.4, 0.5) is 5.69 Å². The first-order chi connectivity index (χ1) is 14.5. The number of hydrogen-bond acceptors (Lipinski definition) is 5. The van der Waals surface area contributed by atoms with Crippen LogP contribution >= 0.6 is 11.6 Å². The molecule has 7 heteroatoms. The van der Waals surface area contributed by atoms with Crippen molar-refractivity contribution in [3.63, 3.8) is 0 Å². The molecule has 2 aromatic carbocycles. The molecule has 0 aliphatic carbocycles. The predicted molar refractivity (Wildman–Crippen MR) is 115 cm³/mol. The number of rotatable bonds is 5. The minimum Gasteiger partial charge on any atom is -0.493 e. The topological polar surface area (TPSA) is 73.1 Å². The third-order valence-electron chi connectivity index (χ3n) is 5.10. The number of hydrogen-bond donors (Lipinski definition) is 1. The third-order valence-corrected chi connectivity index (χ3v) is 5.33.